The van der Waals surface area contributed by atoms with Crippen LogP contribution in [-0.4, -0.2) is 35.1 Å². The number of carbonyl (C=O) groups is 1. The SMILES string of the molecule is O=C(O)C(C1CC=CCC1)N1CCCCC1. The summed E-state index contributed by atoms with van der Waals surface area (Å²) in [6, 6.07) is -0.245. The van der Waals surface area contributed by atoms with Gasteiger partial charge in [-0.05, 0) is 51.1 Å². The number of aliphatic carboxylic acids is 1. The molecule has 0 saturated carbocycles. The predicted molar refractivity (Wildman–Crippen MR) is 63.3 cm³/mol. The van der Waals surface area contributed by atoms with Crippen molar-refractivity contribution >= 4 is 5.97 Å². The van der Waals surface area contributed by atoms with Gasteiger partial charge in [-0.2, -0.15) is 0 Å². The van der Waals surface area contributed by atoms with Crippen molar-refractivity contribution in [3.8, 4) is 0 Å². The maximum absolute atomic E-state index is 11.4. The van der Waals surface area contributed by atoms with Gasteiger partial charge < -0.3 is 5.11 Å². The van der Waals surface area contributed by atoms with Crippen LogP contribution in [0, 0.1) is 5.92 Å². The van der Waals surface area contributed by atoms with E-state index >= 15 is 0 Å². The molecule has 0 spiro atoms. The Morgan fingerprint density at radius 3 is 2.56 bits per heavy atom. The Bertz CT molecular complexity index is 269. The maximum Gasteiger partial charge on any atom is 0.321 e. The van der Waals surface area contributed by atoms with E-state index in [2.05, 4.69) is 17.1 Å². The number of carboxylic acid groups (broad SMARTS) is 1. The first-order valence-corrected chi connectivity index (χ1v) is 6.41. The molecule has 1 fully saturated rings. The maximum atomic E-state index is 11.4. The summed E-state index contributed by atoms with van der Waals surface area (Å²) >= 11 is 0. The van der Waals surface area contributed by atoms with E-state index in [0.717, 1.165) is 45.2 Å². The number of carboxylic acids is 1. The van der Waals surface area contributed by atoms with Crippen LogP contribution in [0.4, 0.5) is 0 Å². The van der Waals surface area contributed by atoms with E-state index in [4.69, 9.17) is 0 Å². The second-order valence-electron chi connectivity index (χ2n) is 4.92. The van der Waals surface area contributed by atoms with Gasteiger partial charge in [-0.3, -0.25) is 9.69 Å². The van der Waals surface area contributed by atoms with Crippen LogP contribution in [0.15, 0.2) is 12.2 Å². The number of hydrogen-bond donors (Lipinski definition) is 1. The molecule has 0 aromatic carbocycles. The third-order valence-corrected chi connectivity index (χ3v) is 3.79. The minimum absolute atomic E-state index is 0.245. The lowest BCUT2D eigenvalue weighted by Crippen LogP contribution is -2.48. The van der Waals surface area contributed by atoms with Crippen molar-refractivity contribution in [3.63, 3.8) is 0 Å². The molecule has 0 amide bonds. The van der Waals surface area contributed by atoms with Crippen LogP contribution in [0.5, 0.6) is 0 Å². The van der Waals surface area contributed by atoms with Gasteiger partial charge in [0.05, 0.1) is 0 Å². The van der Waals surface area contributed by atoms with Crippen molar-refractivity contribution in [1.29, 1.82) is 0 Å². The van der Waals surface area contributed by atoms with Crippen molar-refractivity contribution < 1.29 is 9.90 Å². The van der Waals surface area contributed by atoms with E-state index in [1.54, 1.807) is 0 Å². The monoisotopic (exact) mass is 223 g/mol. The minimum atomic E-state index is -0.623. The average Bonchev–Trinajstić information content (AvgIpc) is 2.31. The minimum Gasteiger partial charge on any atom is -0.480 e. The molecular weight excluding hydrogens is 202 g/mol. The summed E-state index contributed by atoms with van der Waals surface area (Å²) in [4.78, 5) is 13.6. The summed E-state index contributed by atoms with van der Waals surface area (Å²) in [5.41, 5.74) is 0. The molecule has 90 valence electrons. The lowest BCUT2D eigenvalue weighted by molar-refractivity contribution is -0.146. The molecule has 0 aromatic heterocycles. The Balaban J connectivity index is 2.03. The zero-order chi connectivity index (χ0) is 11.4. The highest BCUT2D eigenvalue weighted by atomic mass is 16.4. The highest BCUT2D eigenvalue weighted by molar-refractivity contribution is 5.74. The largest absolute Gasteiger partial charge is 0.480 e. The fourth-order valence-corrected chi connectivity index (χ4v) is 2.96. The molecule has 3 nitrogen and oxygen atoms in total. The van der Waals surface area contributed by atoms with Gasteiger partial charge in [-0.15, -0.1) is 0 Å². The molecule has 16 heavy (non-hydrogen) atoms. The fourth-order valence-electron chi connectivity index (χ4n) is 2.96. The molecule has 2 atom stereocenters. The van der Waals surface area contributed by atoms with Crippen LogP contribution in [0.1, 0.15) is 38.5 Å². The first-order chi connectivity index (χ1) is 7.79. The number of hydrogen-bond acceptors (Lipinski definition) is 2. The van der Waals surface area contributed by atoms with Gasteiger partial charge in [0.15, 0.2) is 0 Å². The Labute approximate surface area is 97.1 Å². The summed E-state index contributed by atoms with van der Waals surface area (Å²) in [7, 11) is 0. The zero-order valence-electron chi connectivity index (χ0n) is 9.77. The van der Waals surface area contributed by atoms with Crippen molar-refractivity contribution in [1.82, 2.24) is 4.90 Å². The third-order valence-electron chi connectivity index (χ3n) is 3.79. The summed E-state index contributed by atoms with van der Waals surface area (Å²) in [5.74, 6) is -0.303. The van der Waals surface area contributed by atoms with Crippen LogP contribution in [0.2, 0.25) is 0 Å². The second kappa shape index (κ2) is 5.48. The van der Waals surface area contributed by atoms with Gasteiger partial charge in [-0.25, -0.2) is 0 Å². The molecule has 1 saturated heterocycles. The lowest BCUT2D eigenvalue weighted by Gasteiger charge is -2.37. The lowest BCUT2D eigenvalue weighted by atomic mass is 9.86. The van der Waals surface area contributed by atoms with Crippen LogP contribution in [0.25, 0.3) is 0 Å². The standard InChI is InChI=1S/C13H21NO2/c15-13(16)12(11-7-3-1-4-8-11)14-9-5-2-6-10-14/h1,3,11-12H,2,4-10H2,(H,15,16). The molecule has 2 rings (SSSR count). The molecule has 0 radical (unpaired) electrons. The van der Waals surface area contributed by atoms with Gasteiger partial charge >= 0.3 is 5.97 Å². The number of rotatable bonds is 3. The van der Waals surface area contributed by atoms with E-state index in [-0.39, 0.29) is 6.04 Å². The average molecular weight is 223 g/mol. The van der Waals surface area contributed by atoms with Gasteiger partial charge in [-0.1, -0.05) is 18.6 Å². The van der Waals surface area contributed by atoms with E-state index < -0.39 is 5.97 Å². The van der Waals surface area contributed by atoms with Crippen molar-refractivity contribution in [2.24, 2.45) is 5.92 Å². The molecular formula is C13H21NO2. The number of allylic oxidation sites excluding steroid dienone is 2. The van der Waals surface area contributed by atoms with E-state index in [0.29, 0.717) is 5.92 Å². The number of likely N-dealkylation sites (tertiary alicyclic amines) is 1. The molecule has 3 heteroatoms. The quantitative estimate of drug-likeness (QED) is 0.746. The molecule has 2 aliphatic rings. The van der Waals surface area contributed by atoms with Gasteiger partial charge in [0, 0.05) is 0 Å². The summed E-state index contributed by atoms with van der Waals surface area (Å²) in [5, 5.41) is 9.41. The Kier molecular flexibility index (Phi) is 3.99. The van der Waals surface area contributed by atoms with Gasteiger partial charge in [0.1, 0.15) is 6.04 Å². The molecule has 2 unspecified atom stereocenters. The molecule has 1 aliphatic carbocycles. The van der Waals surface area contributed by atoms with E-state index in [1.165, 1.54) is 6.42 Å². The summed E-state index contributed by atoms with van der Waals surface area (Å²) < 4.78 is 0. The molecule has 0 bridgehead atoms. The highest BCUT2D eigenvalue weighted by Gasteiger charge is 2.33. The van der Waals surface area contributed by atoms with Crippen LogP contribution in [-0.2, 0) is 4.79 Å². The second-order valence-corrected chi connectivity index (χ2v) is 4.92. The fraction of sp³-hybridized carbons (Fsp3) is 0.769. The van der Waals surface area contributed by atoms with Crippen molar-refractivity contribution in [2.75, 3.05) is 13.1 Å². The van der Waals surface area contributed by atoms with E-state index in [1.807, 2.05) is 0 Å². The highest BCUT2D eigenvalue weighted by Crippen LogP contribution is 2.27. The predicted octanol–water partition coefficient (Wildman–Crippen LogP) is 2.28. The molecule has 0 aromatic rings. The van der Waals surface area contributed by atoms with E-state index in [9.17, 15) is 9.90 Å². The molecule has 1 aliphatic heterocycles. The molecule has 1 heterocycles. The Hall–Kier alpha value is -0.830. The number of piperidine rings is 1. The Morgan fingerprint density at radius 2 is 2.00 bits per heavy atom. The number of nitrogens with zero attached hydrogens (tertiary/aromatic N) is 1. The Morgan fingerprint density at radius 1 is 1.25 bits per heavy atom. The first-order valence-electron chi connectivity index (χ1n) is 6.41. The van der Waals surface area contributed by atoms with Crippen molar-refractivity contribution in [3.05, 3.63) is 12.2 Å². The first kappa shape index (κ1) is 11.6. The molecule has 1 N–H and O–H groups in total. The summed E-state index contributed by atoms with van der Waals surface area (Å²) in [6.07, 6.45) is 10.9. The smallest absolute Gasteiger partial charge is 0.321 e. The normalized spacial score (nSPS) is 28.9. The topological polar surface area (TPSA) is 40.5 Å². The zero-order valence-corrected chi connectivity index (χ0v) is 9.77. The van der Waals surface area contributed by atoms with Crippen LogP contribution in [0.3, 0.4) is 0 Å². The van der Waals surface area contributed by atoms with Crippen LogP contribution < -0.4 is 0 Å². The van der Waals surface area contributed by atoms with Crippen LogP contribution >= 0.6 is 0 Å². The van der Waals surface area contributed by atoms with Crippen molar-refractivity contribution in [2.45, 2.75) is 44.6 Å². The summed E-state index contributed by atoms with van der Waals surface area (Å²) in [6.45, 7) is 1.94. The van der Waals surface area contributed by atoms with Gasteiger partial charge in [0.2, 0.25) is 0 Å². The third kappa shape index (κ3) is 2.64. The van der Waals surface area contributed by atoms with Gasteiger partial charge in [0.25, 0.3) is 0 Å².